The van der Waals surface area contributed by atoms with Gasteiger partial charge in [0.15, 0.2) is 0 Å². The summed E-state index contributed by atoms with van der Waals surface area (Å²) >= 11 is 1.29. The average molecular weight is 256 g/mol. The minimum atomic E-state index is -0.729. The summed E-state index contributed by atoms with van der Waals surface area (Å²) in [5.74, 6) is 1.05. The first kappa shape index (κ1) is 14.3. The van der Waals surface area contributed by atoms with Crippen molar-refractivity contribution in [1.29, 1.82) is 5.26 Å². The molecule has 0 aromatic heterocycles. The number of amides is 1. The summed E-state index contributed by atoms with van der Waals surface area (Å²) in [4.78, 5) is 11.4. The highest BCUT2D eigenvalue weighted by Crippen LogP contribution is 2.31. The van der Waals surface area contributed by atoms with Crippen molar-refractivity contribution in [3.63, 3.8) is 0 Å². The summed E-state index contributed by atoms with van der Waals surface area (Å²) in [6.45, 7) is 2.47. The summed E-state index contributed by atoms with van der Waals surface area (Å²) in [5, 5.41) is 21.4. The number of thioether (sulfide) groups is 1. The van der Waals surface area contributed by atoms with Gasteiger partial charge in [0.05, 0.1) is 23.2 Å². The maximum atomic E-state index is 11.4. The van der Waals surface area contributed by atoms with Gasteiger partial charge in [0.2, 0.25) is 5.91 Å². The molecular formula is C12H20N2O2S. The normalized spacial score (nSPS) is 28.4. The third-order valence-corrected chi connectivity index (χ3v) is 3.88. The molecule has 0 aromatic rings. The van der Waals surface area contributed by atoms with Gasteiger partial charge >= 0.3 is 0 Å². The van der Waals surface area contributed by atoms with Gasteiger partial charge in [-0.05, 0) is 18.8 Å². The van der Waals surface area contributed by atoms with Gasteiger partial charge in [0.25, 0.3) is 0 Å². The molecule has 5 heteroatoms. The second-order valence-corrected chi connectivity index (χ2v) is 5.84. The lowest BCUT2D eigenvalue weighted by molar-refractivity contribution is -0.120. The molecule has 0 aromatic carbocycles. The number of nitrogens with zero attached hydrogens (tertiary/aromatic N) is 1. The molecule has 1 saturated carbocycles. The van der Waals surface area contributed by atoms with Gasteiger partial charge in [0.1, 0.15) is 0 Å². The molecule has 2 unspecified atom stereocenters. The van der Waals surface area contributed by atoms with Crippen LogP contribution in [-0.4, -0.2) is 34.7 Å². The Hall–Kier alpha value is -0.730. The monoisotopic (exact) mass is 256 g/mol. The molecule has 1 aliphatic carbocycles. The van der Waals surface area contributed by atoms with Crippen LogP contribution in [-0.2, 0) is 4.79 Å². The van der Waals surface area contributed by atoms with Crippen LogP contribution in [0.4, 0.5) is 0 Å². The Kier molecular flexibility index (Phi) is 5.79. The fourth-order valence-corrected chi connectivity index (χ4v) is 2.78. The van der Waals surface area contributed by atoms with Crippen molar-refractivity contribution in [2.45, 2.75) is 38.2 Å². The smallest absolute Gasteiger partial charge is 0.230 e. The summed E-state index contributed by atoms with van der Waals surface area (Å²) in [6.07, 6.45) is 3.71. The molecule has 1 amide bonds. The van der Waals surface area contributed by atoms with Crippen LogP contribution in [0, 0.1) is 17.2 Å². The van der Waals surface area contributed by atoms with Gasteiger partial charge in [-0.25, -0.2) is 0 Å². The number of rotatable bonds is 5. The summed E-state index contributed by atoms with van der Waals surface area (Å²) in [7, 11) is 0. The molecule has 0 bridgehead atoms. The zero-order chi connectivity index (χ0) is 12.7. The fourth-order valence-electron chi connectivity index (χ4n) is 2.30. The zero-order valence-corrected chi connectivity index (χ0v) is 11.1. The Morgan fingerprint density at radius 2 is 2.47 bits per heavy atom. The van der Waals surface area contributed by atoms with E-state index in [4.69, 9.17) is 5.26 Å². The van der Waals surface area contributed by atoms with Crippen LogP contribution >= 0.6 is 11.8 Å². The summed E-state index contributed by atoms with van der Waals surface area (Å²) in [5.41, 5.74) is -0.729. The lowest BCUT2D eigenvalue weighted by Crippen LogP contribution is -2.46. The molecular weight excluding hydrogens is 236 g/mol. The molecule has 0 heterocycles. The van der Waals surface area contributed by atoms with Crippen LogP contribution in [0.2, 0.25) is 0 Å². The van der Waals surface area contributed by atoms with Crippen LogP contribution in [0.3, 0.4) is 0 Å². The van der Waals surface area contributed by atoms with Gasteiger partial charge in [-0.1, -0.05) is 19.8 Å². The maximum absolute atomic E-state index is 11.4. The van der Waals surface area contributed by atoms with Crippen molar-refractivity contribution >= 4 is 17.7 Å². The number of carbonyl (C=O) groups excluding carboxylic acids is 1. The highest BCUT2D eigenvalue weighted by Gasteiger charge is 2.32. The predicted octanol–water partition coefficient (Wildman–Crippen LogP) is 1.30. The van der Waals surface area contributed by atoms with Crippen LogP contribution in [0.1, 0.15) is 32.6 Å². The lowest BCUT2D eigenvalue weighted by atomic mass is 9.79. The van der Waals surface area contributed by atoms with Crippen LogP contribution in [0.25, 0.3) is 0 Å². The molecule has 17 heavy (non-hydrogen) atoms. The van der Waals surface area contributed by atoms with Crippen molar-refractivity contribution in [2.75, 3.05) is 18.1 Å². The molecule has 0 radical (unpaired) electrons. The number of nitriles is 1. The Morgan fingerprint density at radius 3 is 3.12 bits per heavy atom. The van der Waals surface area contributed by atoms with E-state index < -0.39 is 5.60 Å². The van der Waals surface area contributed by atoms with Crippen molar-refractivity contribution < 1.29 is 9.90 Å². The van der Waals surface area contributed by atoms with Gasteiger partial charge in [-0.2, -0.15) is 5.26 Å². The third-order valence-electron chi connectivity index (χ3n) is 3.08. The van der Waals surface area contributed by atoms with Crippen molar-refractivity contribution in [3.05, 3.63) is 0 Å². The second kappa shape index (κ2) is 6.87. The van der Waals surface area contributed by atoms with E-state index in [1.54, 1.807) is 0 Å². The standard InChI is InChI=1S/C12H20N2O2S/c1-10-3-2-4-12(16,7-10)9-14-11(15)8-17-6-5-13/h10,16H,2-4,6-9H2,1H3,(H,14,15). The van der Waals surface area contributed by atoms with Gasteiger partial charge in [0, 0.05) is 6.54 Å². The molecule has 1 fully saturated rings. The fraction of sp³-hybridized carbons (Fsp3) is 0.833. The SMILES string of the molecule is CC1CCCC(O)(CNC(=O)CSCC#N)C1. The summed E-state index contributed by atoms with van der Waals surface area (Å²) in [6, 6.07) is 1.98. The first-order valence-corrected chi connectivity index (χ1v) is 7.15. The molecule has 2 N–H and O–H groups in total. The Morgan fingerprint density at radius 1 is 1.71 bits per heavy atom. The van der Waals surface area contributed by atoms with E-state index in [-0.39, 0.29) is 5.91 Å². The minimum Gasteiger partial charge on any atom is -0.388 e. The maximum Gasteiger partial charge on any atom is 0.230 e. The predicted molar refractivity (Wildman–Crippen MR) is 68.5 cm³/mol. The molecule has 0 spiro atoms. The first-order chi connectivity index (χ1) is 8.06. The van der Waals surface area contributed by atoms with Crippen molar-refractivity contribution in [2.24, 2.45) is 5.92 Å². The van der Waals surface area contributed by atoms with E-state index in [0.717, 1.165) is 25.7 Å². The van der Waals surface area contributed by atoms with E-state index >= 15 is 0 Å². The van der Waals surface area contributed by atoms with E-state index in [1.165, 1.54) is 11.8 Å². The first-order valence-electron chi connectivity index (χ1n) is 5.99. The number of nitrogens with one attached hydrogen (secondary N) is 1. The van der Waals surface area contributed by atoms with Gasteiger partial charge < -0.3 is 10.4 Å². The van der Waals surface area contributed by atoms with E-state index in [1.807, 2.05) is 6.07 Å². The molecule has 1 rings (SSSR count). The Labute approximate surface area is 107 Å². The second-order valence-electron chi connectivity index (χ2n) is 4.85. The van der Waals surface area contributed by atoms with E-state index in [2.05, 4.69) is 12.2 Å². The van der Waals surface area contributed by atoms with E-state index in [9.17, 15) is 9.90 Å². The molecule has 0 aliphatic heterocycles. The van der Waals surface area contributed by atoms with Crippen molar-refractivity contribution in [3.8, 4) is 6.07 Å². The van der Waals surface area contributed by atoms with Gasteiger partial charge in [-0.3, -0.25) is 4.79 Å². The van der Waals surface area contributed by atoms with Crippen LogP contribution < -0.4 is 5.32 Å². The molecule has 0 saturated heterocycles. The van der Waals surface area contributed by atoms with E-state index in [0.29, 0.717) is 24.0 Å². The quantitative estimate of drug-likeness (QED) is 0.727. The molecule has 4 nitrogen and oxygen atoms in total. The zero-order valence-electron chi connectivity index (χ0n) is 10.2. The van der Waals surface area contributed by atoms with Crippen LogP contribution in [0.5, 0.6) is 0 Å². The summed E-state index contributed by atoms with van der Waals surface area (Å²) < 4.78 is 0. The minimum absolute atomic E-state index is 0.100. The Bertz CT molecular complexity index is 303. The highest BCUT2D eigenvalue weighted by molar-refractivity contribution is 8.00. The number of hydrogen-bond acceptors (Lipinski definition) is 4. The molecule has 2 atom stereocenters. The Balaban J connectivity index is 2.24. The highest BCUT2D eigenvalue weighted by atomic mass is 32.2. The topological polar surface area (TPSA) is 73.1 Å². The van der Waals surface area contributed by atoms with Crippen molar-refractivity contribution in [1.82, 2.24) is 5.32 Å². The third kappa shape index (κ3) is 5.42. The lowest BCUT2D eigenvalue weighted by Gasteiger charge is -2.35. The molecule has 1 aliphatic rings. The van der Waals surface area contributed by atoms with Crippen LogP contribution in [0.15, 0.2) is 0 Å². The molecule has 96 valence electrons. The number of carbonyl (C=O) groups is 1. The largest absolute Gasteiger partial charge is 0.388 e. The average Bonchev–Trinajstić information content (AvgIpc) is 2.27. The number of aliphatic hydroxyl groups is 1. The van der Waals surface area contributed by atoms with Gasteiger partial charge in [-0.15, -0.1) is 11.8 Å². The number of hydrogen-bond donors (Lipinski definition) is 2.